The van der Waals surface area contributed by atoms with E-state index < -0.39 is 6.04 Å². The van der Waals surface area contributed by atoms with Crippen molar-refractivity contribution in [3.8, 4) is 0 Å². The molecule has 2 N–H and O–H groups in total. The third-order valence-corrected chi connectivity index (χ3v) is 5.01. The van der Waals surface area contributed by atoms with Gasteiger partial charge in [-0.15, -0.1) is 0 Å². The molecule has 0 aliphatic carbocycles. The molecule has 1 aliphatic heterocycles. The zero-order chi connectivity index (χ0) is 20.8. The number of amides is 2. The topological polar surface area (TPSA) is 61.4 Å². The maximum atomic E-state index is 13.6. The van der Waals surface area contributed by atoms with E-state index in [4.69, 9.17) is 0 Å². The lowest BCUT2D eigenvalue weighted by molar-refractivity contribution is -0.125. The molecule has 29 heavy (non-hydrogen) atoms. The Labute approximate surface area is 169 Å². The average Bonchev–Trinajstić information content (AvgIpc) is 2.89. The largest absolute Gasteiger partial charge is 0.362 e. The second-order valence-corrected chi connectivity index (χ2v) is 7.18. The van der Waals surface area contributed by atoms with E-state index in [0.717, 1.165) is 30.5 Å². The number of hydrogen-bond donors (Lipinski definition) is 2. The maximum absolute atomic E-state index is 13.6. The predicted octanol–water partition coefficient (Wildman–Crippen LogP) is 3.64. The molecule has 0 spiro atoms. The average molecular weight is 401 g/mol. The van der Waals surface area contributed by atoms with Gasteiger partial charge in [-0.3, -0.25) is 9.59 Å². The smallest absolute Gasteiger partial charge is 0.246 e. The van der Waals surface area contributed by atoms with Crippen LogP contribution in [0, 0.1) is 11.6 Å². The highest BCUT2D eigenvalue weighted by atomic mass is 19.1. The molecule has 3 rings (SSSR count). The van der Waals surface area contributed by atoms with Crippen LogP contribution in [0.4, 0.5) is 20.2 Å². The molecular weight excluding hydrogens is 376 g/mol. The summed E-state index contributed by atoms with van der Waals surface area (Å²) < 4.78 is 26.6. The molecule has 2 amide bonds. The minimum Gasteiger partial charge on any atom is -0.362 e. The fourth-order valence-corrected chi connectivity index (χ4v) is 3.49. The van der Waals surface area contributed by atoms with Gasteiger partial charge in [-0.05, 0) is 73.7 Å². The highest BCUT2D eigenvalue weighted by molar-refractivity contribution is 5.97. The van der Waals surface area contributed by atoms with E-state index >= 15 is 0 Å². The minimum absolute atomic E-state index is 0.0962. The number of nitrogens with one attached hydrogen (secondary N) is 2. The second kappa shape index (κ2) is 9.49. The molecule has 154 valence electrons. The molecule has 1 aliphatic rings. The number of rotatable bonds is 6. The first-order valence-electron chi connectivity index (χ1n) is 9.85. The number of carbonyl (C=O) groups is 2. The van der Waals surface area contributed by atoms with Crippen molar-refractivity contribution in [2.24, 2.45) is 0 Å². The van der Waals surface area contributed by atoms with Crippen LogP contribution in [0.1, 0.15) is 31.7 Å². The van der Waals surface area contributed by atoms with E-state index in [-0.39, 0.29) is 30.0 Å². The highest BCUT2D eigenvalue weighted by Gasteiger charge is 2.22. The van der Waals surface area contributed by atoms with Gasteiger partial charge < -0.3 is 15.5 Å². The van der Waals surface area contributed by atoms with E-state index in [1.54, 1.807) is 13.0 Å². The van der Waals surface area contributed by atoms with Crippen LogP contribution in [-0.2, 0) is 16.0 Å². The van der Waals surface area contributed by atoms with Gasteiger partial charge in [-0.2, -0.15) is 0 Å². The van der Waals surface area contributed by atoms with Crippen LogP contribution < -0.4 is 15.5 Å². The summed E-state index contributed by atoms with van der Waals surface area (Å²) in [6, 6.07) is 9.39. The van der Waals surface area contributed by atoms with Crippen molar-refractivity contribution >= 4 is 23.2 Å². The van der Waals surface area contributed by atoms with Gasteiger partial charge in [0.1, 0.15) is 17.7 Å². The molecular formula is C22H25F2N3O2. The molecule has 2 aromatic carbocycles. The van der Waals surface area contributed by atoms with E-state index in [1.165, 1.54) is 36.4 Å². The quantitative estimate of drug-likeness (QED) is 0.777. The molecule has 0 fully saturated rings. The minimum atomic E-state index is -0.702. The number of hydrogen-bond acceptors (Lipinski definition) is 3. The second-order valence-electron chi connectivity index (χ2n) is 7.18. The maximum Gasteiger partial charge on any atom is 0.246 e. The number of aryl methyl sites for hydroxylation is 1. The van der Waals surface area contributed by atoms with E-state index in [9.17, 15) is 18.4 Å². The summed E-state index contributed by atoms with van der Waals surface area (Å²) in [6.07, 6.45) is 3.04. The molecule has 0 aromatic heterocycles. The number of carbonyl (C=O) groups excluding carboxylic acids is 2. The molecule has 1 atom stereocenters. The standard InChI is InChI=1S/C22H25F2N3O2/c1-2-19(22(29)25-18-9-6-16(23)7-10-18)26-21(28)14-27-12-4-3-5-15-13-17(24)8-11-20(15)27/h6-11,13,19H,2-5,12,14H2,1H3,(H,25,29)(H,26,28). The van der Waals surface area contributed by atoms with Crippen LogP contribution >= 0.6 is 0 Å². The van der Waals surface area contributed by atoms with Crippen molar-refractivity contribution in [1.82, 2.24) is 5.32 Å². The van der Waals surface area contributed by atoms with Crippen LogP contribution in [0.25, 0.3) is 0 Å². The highest BCUT2D eigenvalue weighted by Crippen LogP contribution is 2.26. The summed E-state index contributed by atoms with van der Waals surface area (Å²) in [6.45, 7) is 2.60. The first kappa shape index (κ1) is 20.8. The monoisotopic (exact) mass is 401 g/mol. The molecule has 0 radical (unpaired) electrons. The lowest BCUT2D eigenvalue weighted by Gasteiger charge is -2.25. The number of fused-ring (bicyclic) bond motifs is 1. The van der Waals surface area contributed by atoms with Crippen LogP contribution in [0.5, 0.6) is 0 Å². The van der Waals surface area contributed by atoms with Crippen molar-refractivity contribution in [1.29, 1.82) is 0 Å². The number of benzene rings is 2. The SMILES string of the molecule is CCC(NC(=O)CN1CCCCc2cc(F)ccc21)C(=O)Nc1ccc(F)cc1. The molecule has 5 nitrogen and oxygen atoms in total. The Hall–Kier alpha value is -2.96. The third-order valence-electron chi connectivity index (χ3n) is 5.01. The van der Waals surface area contributed by atoms with Gasteiger partial charge in [0.25, 0.3) is 0 Å². The van der Waals surface area contributed by atoms with Gasteiger partial charge in [0.05, 0.1) is 6.54 Å². The van der Waals surface area contributed by atoms with Gasteiger partial charge in [-0.1, -0.05) is 6.92 Å². The molecule has 0 bridgehead atoms. The zero-order valence-electron chi connectivity index (χ0n) is 16.4. The van der Waals surface area contributed by atoms with Crippen molar-refractivity contribution in [2.75, 3.05) is 23.3 Å². The summed E-state index contributed by atoms with van der Waals surface area (Å²) >= 11 is 0. The first-order chi connectivity index (χ1) is 14.0. The van der Waals surface area contributed by atoms with E-state index in [0.29, 0.717) is 18.7 Å². The summed E-state index contributed by atoms with van der Waals surface area (Å²) in [5.41, 5.74) is 2.23. The number of halogens is 2. The van der Waals surface area contributed by atoms with Crippen molar-refractivity contribution in [2.45, 2.75) is 38.6 Å². The molecule has 0 saturated carbocycles. The lowest BCUT2D eigenvalue weighted by atomic mass is 10.1. The predicted molar refractivity (Wildman–Crippen MR) is 109 cm³/mol. The molecule has 7 heteroatoms. The van der Waals surface area contributed by atoms with Crippen LogP contribution in [0.2, 0.25) is 0 Å². The summed E-state index contributed by atoms with van der Waals surface area (Å²) in [4.78, 5) is 27.0. The fraction of sp³-hybridized carbons (Fsp3) is 0.364. The Morgan fingerprint density at radius 3 is 2.52 bits per heavy atom. The van der Waals surface area contributed by atoms with Crippen LogP contribution in [0.15, 0.2) is 42.5 Å². The van der Waals surface area contributed by atoms with Gasteiger partial charge >= 0.3 is 0 Å². The summed E-state index contributed by atoms with van der Waals surface area (Å²) in [5.74, 6) is -1.30. The van der Waals surface area contributed by atoms with Crippen LogP contribution in [0.3, 0.4) is 0 Å². The lowest BCUT2D eigenvalue weighted by Crippen LogP contribution is -2.47. The Kier molecular flexibility index (Phi) is 6.80. The van der Waals surface area contributed by atoms with Crippen molar-refractivity contribution in [3.63, 3.8) is 0 Å². The Morgan fingerprint density at radius 2 is 1.79 bits per heavy atom. The molecule has 1 heterocycles. The normalized spacial score (nSPS) is 14.5. The summed E-state index contributed by atoms with van der Waals surface area (Å²) in [7, 11) is 0. The number of anilines is 2. The van der Waals surface area contributed by atoms with Gasteiger partial charge in [0.2, 0.25) is 11.8 Å². The Bertz CT molecular complexity index is 871. The Morgan fingerprint density at radius 1 is 1.07 bits per heavy atom. The van der Waals surface area contributed by atoms with E-state index in [2.05, 4.69) is 10.6 Å². The zero-order valence-corrected chi connectivity index (χ0v) is 16.4. The summed E-state index contributed by atoms with van der Waals surface area (Å²) in [5, 5.41) is 5.45. The van der Waals surface area contributed by atoms with Gasteiger partial charge in [0.15, 0.2) is 0 Å². The van der Waals surface area contributed by atoms with Crippen molar-refractivity contribution < 1.29 is 18.4 Å². The molecule has 0 saturated heterocycles. The van der Waals surface area contributed by atoms with Crippen LogP contribution in [-0.4, -0.2) is 30.9 Å². The first-order valence-corrected chi connectivity index (χ1v) is 9.85. The Balaban J connectivity index is 1.62. The van der Waals surface area contributed by atoms with Gasteiger partial charge in [-0.25, -0.2) is 8.78 Å². The van der Waals surface area contributed by atoms with Crippen molar-refractivity contribution in [3.05, 3.63) is 59.7 Å². The van der Waals surface area contributed by atoms with E-state index in [1.807, 2.05) is 4.90 Å². The third kappa shape index (κ3) is 5.53. The molecule has 1 unspecified atom stereocenters. The fourth-order valence-electron chi connectivity index (χ4n) is 3.49. The molecule has 2 aromatic rings. The number of nitrogens with zero attached hydrogens (tertiary/aromatic N) is 1. The van der Waals surface area contributed by atoms with Gasteiger partial charge in [0, 0.05) is 17.9 Å².